The van der Waals surface area contributed by atoms with Crippen molar-refractivity contribution in [3.63, 3.8) is 0 Å². The molecule has 3 rings (SSSR count). The average Bonchev–Trinajstić information content (AvgIpc) is 3.08. The number of halogens is 1. The maximum atomic E-state index is 14.5. The van der Waals surface area contributed by atoms with Crippen LogP contribution in [0.15, 0.2) is 37.0 Å². The second-order valence-corrected chi connectivity index (χ2v) is 6.52. The lowest BCUT2D eigenvalue weighted by Crippen LogP contribution is -2.17. The van der Waals surface area contributed by atoms with Crippen LogP contribution in [0.25, 0.3) is 16.6 Å². The van der Waals surface area contributed by atoms with E-state index in [-0.39, 0.29) is 17.6 Å². The molecule has 0 aliphatic rings. The van der Waals surface area contributed by atoms with Gasteiger partial charge in [0.05, 0.1) is 17.4 Å². The largest absolute Gasteiger partial charge is 0.399 e. The van der Waals surface area contributed by atoms with E-state index in [0.29, 0.717) is 11.4 Å². The van der Waals surface area contributed by atoms with Gasteiger partial charge >= 0.3 is 0 Å². The molecule has 6 nitrogen and oxygen atoms in total. The van der Waals surface area contributed by atoms with Gasteiger partial charge in [-0.15, -0.1) is 0 Å². The zero-order chi connectivity index (χ0) is 19.6. The third-order valence-corrected chi connectivity index (χ3v) is 4.56. The maximum Gasteiger partial charge on any atom is 0.166 e. The minimum absolute atomic E-state index is 0.0954. The van der Waals surface area contributed by atoms with Gasteiger partial charge in [0.15, 0.2) is 11.6 Å². The summed E-state index contributed by atoms with van der Waals surface area (Å²) in [5, 5.41) is 11.7. The van der Waals surface area contributed by atoms with Gasteiger partial charge in [-0.05, 0) is 38.5 Å². The molecule has 3 aromatic rings. The van der Waals surface area contributed by atoms with Crippen LogP contribution in [0.4, 0.5) is 21.7 Å². The molecular formula is C20H25FN6. The van der Waals surface area contributed by atoms with Gasteiger partial charge in [-0.25, -0.2) is 9.37 Å². The van der Waals surface area contributed by atoms with Crippen LogP contribution >= 0.6 is 0 Å². The molecule has 0 spiro atoms. The van der Waals surface area contributed by atoms with Crippen molar-refractivity contribution in [2.24, 2.45) is 5.73 Å². The fourth-order valence-electron chi connectivity index (χ4n) is 2.86. The molecule has 0 radical (unpaired) electrons. The first-order chi connectivity index (χ1) is 12.9. The minimum atomic E-state index is -0.459. The quantitative estimate of drug-likeness (QED) is 0.573. The summed E-state index contributed by atoms with van der Waals surface area (Å²) in [6.45, 7) is 10.6. The molecule has 0 saturated carbocycles. The number of hydrogen-bond acceptors (Lipinski definition) is 5. The number of aromatic nitrogens is 3. The number of benzene rings is 1. The molecular weight excluding hydrogens is 343 g/mol. The molecule has 1 unspecified atom stereocenters. The zero-order valence-corrected chi connectivity index (χ0v) is 15.9. The highest BCUT2D eigenvalue weighted by Crippen LogP contribution is 2.30. The Kier molecular flexibility index (Phi) is 5.30. The van der Waals surface area contributed by atoms with Gasteiger partial charge in [0, 0.05) is 29.2 Å². The van der Waals surface area contributed by atoms with Gasteiger partial charge in [0.1, 0.15) is 5.82 Å². The lowest BCUT2D eigenvalue weighted by Gasteiger charge is -2.17. The molecule has 0 aliphatic carbocycles. The van der Waals surface area contributed by atoms with E-state index in [0.717, 1.165) is 29.6 Å². The maximum absolute atomic E-state index is 14.5. The van der Waals surface area contributed by atoms with Gasteiger partial charge in [-0.3, -0.25) is 4.68 Å². The molecule has 0 saturated heterocycles. The number of nitrogens with one attached hydrogen (secondary N) is 2. The highest BCUT2D eigenvalue weighted by atomic mass is 19.1. The van der Waals surface area contributed by atoms with Gasteiger partial charge in [-0.1, -0.05) is 19.6 Å². The minimum Gasteiger partial charge on any atom is -0.399 e. The van der Waals surface area contributed by atoms with Crippen LogP contribution in [-0.2, 0) is 6.54 Å². The number of hydrogen-bond donors (Lipinski definition) is 3. The Labute approximate surface area is 158 Å². The van der Waals surface area contributed by atoms with Crippen LogP contribution in [0.3, 0.4) is 0 Å². The van der Waals surface area contributed by atoms with Gasteiger partial charge in [-0.2, -0.15) is 5.10 Å². The number of nitrogens with zero attached hydrogens (tertiary/aromatic N) is 3. The first-order valence-corrected chi connectivity index (χ1v) is 9.07. The molecule has 0 amide bonds. The SMILES string of the molecule is C=C(N)c1cc(F)c(NC(C)CC)nc1Nc1cccc2c1cnn2CC. The predicted molar refractivity (Wildman–Crippen MR) is 109 cm³/mol. The van der Waals surface area contributed by atoms with Crippen LogP contribution in [0.1, 0.15) is 32.8 Å². The monoisotopic (exact) mass is 368 g/mol. The third kappa shape index (κ3) is 3.72. The van der Waals surface area contributed by atoms with E-state index in [9.17, 15) is 4.39 Å². The summed E-state index contributed by atoms with van der Waals surface area (Å²) in [5.41, 5.74) is 8.39. The number of anilines is 3. The van der Waals surface area contributed by atoms with Crippen LogP contribution in [0.5, 0.6) is 0 Å². The molecule has 27 heavy (non-hydrogen) atoms. The van der Waals surface area contributed by atoms with Crippen LogP contribution in [0, 0.1) is 5.82 Å². The van der Waals surface area contributed by atoms with E-state index in [1.54, 1.807) is 6.20 Å². The lowest BCUT2D eigenvalue weighted by atomic mass is 10.1. The van der Waals surface area contributed by atoms with E-state index < -0.39 is 5.82 Å². The summed E-state index contributed by atoms with van der Waals surface area (Å²) in [4.78, 5) is 4.45. The Morgan fingerprint density at radius 2 is 2.11 bits per heavy atom. The lowest BCUT2D eigenvalue weighted by molar-refractivity contribution is 0.618. The van der Waals surface area contributed by atoms with E-state index in [2.05, 4.69) is 27.3 Å². The Balaban J connectivity index is 2.06. The smallest absolute Gasteiger partial charge is 0.166 e. The second-order valence-electron chi connectivity index (χ2n) is 6.52. The van der Waals surface area contributed by atoms with Crippen molar-refractivity contribution in [3.8, 4) is 0 Å². The van der Waals surface area contributed by atoms with Crippen LogP contribution < -0.4 is 16.4 Å². The van der Waals surface area contributed by atoms with Crippen molar-refractivity contribution in [2.45, 2.75) is 39.8 Å². The number of aryl methyl sites for hydroxylation is 1. The molecule has 1 aromatic carbocycles. The van der Waals surface area contributed by atoms with Gasteiger partial charge in [0.25, 0.3) is 0 Å². The predicted octanol–water partition coefficient (Wildman–Crippen LogP) is 4.47. The molecule has 4 N–H and O–H groups in total. The molecule has 2 aromatic heterocycles. The van der Waals surface area contributed by atoms with Crippen molar-refractivity contribution in [1.29, 1.82) is 0 Å². The molecule has 2 heterocycles. The third-order valence-electron chi connectivity index (χ3n) is 4.56. The van der Waals surface area contributed by atoms with Crippen molar-refractivity contribution < 1.29 is 4.39 Å². The molecule has 0 bridgehead atoms. The fraction of sp³-hybridized carbons (Fsp3) is 0.300. The molecule has 7 heteroatoms. The number of nitrogens with two attached hydrogens (primary N) is 1. The number of fused-ring (bicyclic) bond motifs is 1. The average molecular weight is 368 g/mol. The Hall–Kier alpha value is -3.09. The topological polar surface area (TPSA) is 80.8 Å². The van der Waals surface area contributed by atoms with E-state index in [1.165, 1.54) is 6.07 Å². The van der Waals surface area contributed by atoms with Gasteiger partial charge < -0.3 is 16.4 Å². The summed E-state index contributed by atoms with van der Waals surface area (Å²) in [5.74, 6) is 0.180. The molecule has 0 aliphatic heterocycles. The first-order valence-electron chi connectivity index (χ1n) is 9.07. The van der Waals surface area contributed by atoms with E-state index >= 15 is 0 Å². The van der Waals surface area contributed by atoms with Gasteiger partial charge in [0.2, 0.25) is 0 Å². The molecule has 1 atom stereocenters. The van der Waals surface area contributed by atoms with E-state index in [4.69, 9.17) is 5.73 Å². The molecule has 0 fully saturated rings. The summed E-state index contributed by atoms with van der Waals surface area (Å²) < 4.78 is 16.4. The second kappa shape index (κ2) is 7.65. The van der Waals surface area contributed by atoms with E-state index in [1.807, 2.05) is 43.7 Å². The highest BCUT2D eigenvalue weighted by Gasteiger charge is 2.16. The Bertz CT molecular complexity index is 978. The Morgan fingerprint density at radius 1 is 1.33 bits per heavy atom. The fourth-order valence-corrected chi connectivity index (χ4v) is 2.86. The Morgan fingerprint density at radius 3 is 2.78 bits per heavy atom. The summed E-state index contributed by atoms with van der Waals surface area (Å²) in [6, 6.07) is 7.33. The summed E-state index contributed by atoms with van der Waals surface area (Å²) >= 11 is 0. The van der Waals surface area contributed by atoms with Crippen molar-refractivity contribution in [2.75, 3.05) is 10.6 Å². The summed E-state index contributed by atoms with van der Waals surface area (Å²) in [7, 11) is 0. The van der Waals surface area contributed by atoms with Crippen LogP contribution in [-0.4, -0.2) is 20.8 Å². The number of rotatable bonds is 7. The zero-order valence-electron chi connectivity index (χ0n) is 15.9. The summed E-state index contributed by atoms with van der Waals surface area (Å²) in [6.07, 6.45) is 2.66. The van der Waals surface area contributed by atoms with Crippen LogP contribution in [0.2, 0.25) is 0 Å². The first kappa shape index (κ1) is 18.7. The standard InChI is InChI=1S/C20H25FN6/c1-5-12(3)24-20-16(21)10-14(13(4)22)19(26-20)25-17-8-7-9-18-15(17)11-23-27(18)6-2/h7-12H,4-6,22H2,1-3H3,(H2,24,25,26). The normalized spacial score (nSPS) is 12.1. The highest BCUT2D eigenvalue weighted by molar-refractivity contribution is 5.94. The molecule has 142 valence electrons. The number of pyridine rings is 1. The van der Waals surface area contributed by atoms with Crippen molar-refractivity contribution in [3.05, 3.63) is 48.4 Å². The van der Waals surface area contributed by atoms with Crippen molar-refractivity contribution >= 4 is 33.9 Å². The van der Waals surface area contributed by atoms with Crippen molar-refractivity contribution in [1.82, 2.24) is 14.8 Å².